The Morgan fingerprint density at radius 3 is 2.19 bits per heavy atom. The van der Waals surface area contributed by atoms with E-state index in [0.29, 0.717) is 0 Å². The molecule has 0 unspecified atom stereocenters. The molecular weight excluding hydrogens is 288 g/mol. The topological polar surface area (TPSA) is 80.5 Å². The highest BCUT2D eigenvalue weighted by atomic mass is 32.2. The molecule has 2 rings (SSSR count). The zero-order valence-corrected chi connectivity index (χ0v) is 12.6. The van der Waals surface area contributed by atoms with E-state index in [1.54, 1.807) is 18.2 Å². The lowest BCUT2D eigenvalue weighted by atomic mass is 10.2. The quantitative estimate of drug-likeness (QED) is 0.937. The largest absolute Gasteiger partial charge is 0.394 e. The normalized spacial score (nSPS) is 11.1. The average molecular weight is 304 g/mol. The van der Waals surface area contributed by atoms with Gasteiger partial charge in [0.15, 0.2) is 0 Å². The number of nitrogens with zero attached hydrogens (tertiary/aromatic N) is 1. The third-order valence-corrected chi connectivity index (χ3v) is 4.96. The molecular formula is C15H16N2O3S. The van der Waals surface area contributed by atoms with Crippen LogP contribution in [0.1, 0.15) is 5.56 Å². The number of hydrogen-bond donors (Lipinski definition) is 1. The van der Waals surface area contributed by atoms with Crippen molar-refractivity contribution in [3.8, 4) is 0 Å². The van der Waals surface area contributed by atoms with Crippen molar-refractivity contribution in [2.24, 2.45) is 0 Å². The lowest BCUT2D eigenvalue weighted by molar-refractivity contribution is 0.594. The summed E-state index contributed by atoms with van der Waals surface area (Å²) in [6, 6.07) is 12.4. The molecule has 0 aliphatic heterocycles. The van der Waals surface area contributed by atoms with Gasteiger partial charge in [-0.15, -0.1) is 0 Å². The van der Waals surface area contributed by atoms with Crippen LogP contribution in [0.25, 0.3) is 0 Å². The van der Waals surface area contributed by atoms with Gasteiger partial charge in [0, 0.05) is 7.05 Å². The minimum Gasteiger partial charge on any atom is -0.394 e. The maximum absolute atomic E-state index is 12.6. The lowest BCUT2D eigenvalue weighted by Gasteiger charge is -2.20. The Labute approximate surface area is 123 Å². The summed E-state index contributed by atoms with van der Waals surface area (Å²) in [4.78, 5) is 11.9. The van der Waals surface area contributed by atoms with Gasteiger partial charge in [0.2, 0.25) is 5.43 Å². The van der Waals surface area contributed by atoms with Crippen LogP contribution in [-0.4, -0.2) is 15.5 Å². The minimum atomic E-state index is -3.76. The number of benzene rings is 1. The molecule has 0 heterocycles. The van der Waals surface area contributed by atoms with Crippen LogP contribution in [0, 0.1) is 6.92 Å². The van der Waals surface area contributed by atoms with Crippen LogP contribution >= 0.6 is 0 Å². The van der Waals surface area contributed by atoms with E-state index in [0.717, 1.165) is 9.87 Å². The van der Waals surface area contributed by atoms with Crippen LogP contribution in [0.4, 0.5) is 11.4 Å². The van der Waals surface area contributed by atoms with Gasteiger partial charge in [-0.2, -0.15) is 0 Å². The van der Waals surface area contributed by atoms with Crippen molar-refractivity contribution in [3.63, 3.8) is 0 Å². The van der Waals surface area contributed by atoms with Crippen molar-refractivity contribution in [2.75, 3.05) is 17.1 Å². The van der Waals surface area contributed by atoms with Crippen LogP contribution < -0.4 is 15.5 Å². The predicted octanol–water partition coefficient (Wildman–Crippen LogP) is 1.76. The van der Waals surface area contributed by atoms with Gasteiger partial charge in [-0.3, -0.25) is 9.10 Å². The Morgan fingerprint density at radius 1 is 1.00 bits per heavy atom. The molecule has 6 heteroatoms. The summed E-state index contributed by atoms with van der Waals surface area (Å²) in [5.74, 6) is 0. The molecule has 0 saturated carbocycles. The molecule has 0 radical (unpaired) electrons. The van der Waals surface area contributed by atoms with Gasteiger partial charge < -0.3 is 5.73 Å². The van der Waals surface area contributed by atoms with Crippen molar-refractivity contribution >= 4 is 21.4 Å². The number of nitrogen functional groups attached to an aromatic ring is 1. The third kappa shape index (κ3) is 2.90. The summed E-state index contributed by atoms with van der Waals surface area (Å²) in [5, 5.41) is 0. The van der Waals surface area contributed by atoms with Crippen molar-refractivity contribution < 1.29 is 8.42 Å². The molecule has 0 aliphatic rings. The second-order valence-corrected chi connectivity index (χ2v) is 6.64. The SMILES string of the molecule is Cc1ccc(S(=O)(=O)N(C)c2ccccc(=O)c2N)cc1. The Kier molecular flexibility index (Phi) is 3.99. The monoisotopic (exact) mass is 304 g/mol. The fraction of sp³-hybridized carbons (Fsp3) is 0.133. The van der Waals surface area contributed by atoms with Crippen LogP contribution in [-0.2, 0) is 10.0 Å². The molecule has 21 heavy (non-hydrogen) atoms. The first kappa shape index (κ1) is 15.1. The Bertz CT molecular complexity index is 815. The molecule has 0 fully saturated rings. The fourth-order valence-corrected chi connectivity index (χ4v) is 3.08. The van der Waals surface area contributed by atoms with E-state index in [-0.39, 0.29) is 16.3 Å². The molecule has 5 nitrogen and oxygen atoms in total. The minimum absolute atomic E-state index is 0.0989. The molecule has 0 bridgehead atoms. The Morgan fingerprint density at radius 2 is 1.57 bits per heavy atom. The number of hydrogen-bond acceptors (Lipinski definition) is 4. The zero-order chi connectivity index (χ0) is 15.6. The van der Waals surface area contributed by atoms with Gasteiger partial charge in [0.05, 0.1) is 10.6 Å². The van der Waals surface area contributed by atoms with Crippen molar-refractivity contribution in [2.45, 2.75) is 11.8 Å². The molecule has 110 valence electrons. The van der Waals surface area contributed by atoms with E-state index >= 15 is 0 Å². The van der Waals surface area contributed by atoms with Crippen molar-refractivity contribution in [1.82, 2.24) is 0 Å². The number of nitrogens with two attached hydrogens (primary N) is 1. The highest BCUT2D eigenvalue weighted by Crippen LogP contribution is 2.24. The summed E-state index contributed by atoms with van der Waals surface area (Å²) < 4.78 is 26.2. The third-order valence-electron chi connectivity index (χ3n) is 3.17. The zero-order valence-electron chi connectivity index (χ0n) is 11.8. The van der Waals surface area contributed by atoms with E-state index in [4.69, 9.17) is 5.73 Å². The van der Waals surface area contributed by atoms with Gasteiger partial charge in [-0.25, -0.2) is 8.42 Å². The molecule has 0 aliphatic carbocycles. The molecule has 2 N–H and O–H groups in total. The summed E-state index contributed by atoms with van der Waals surface area (Å²) >= 11 is 0. The first-order chi connectivity index (χ1) is 9.84. The number of aryl methyl sites for hydroxylation is 1. The second-order valence-electron chi connectivity index (χ2n) is 4.67. The first-order valence-electron chi connectivity index (χ1n) is 6.28. The number of sulfonamides is 1. The molecule has 0 amide bonds. The van der Waals surface area contributed by atoms with E-state index in [1.165, 1.54) is 37.4 Å². The summed E-state index contributed by atoms with van der Waals surface area (Å²) in [6.07, 6.45) is 0. The molecule has 2 aromatic carbocycles. The Balaban J connectivity index is 2.57. The Hall–Kier alpha value is -2.34. The van der Waals surface area contributed by atoms with E-state index in [1.807, 2.05) is 6.92 Å². The fourth-order valence-electron chi connectivity index (χ4n) is 1.87. The van der Waals surface area contributed by atoms with Crippen molar-refractivity contribution in [1.29, 1.82) is 0 Å². The smallest absolute Gasteiger partial charge is 0.264 e. The van der Waals surface area contributed by atoms with Crippen molar-refractivity contribution in [3.05, 3.63) is 64.3 Å². The van der Waals surface area contributed by atoms with Crippen LogP contribution in [0.3, 0.4) is 0 Å². The number of anilines is 2. The number of rotatable bonds is 3. The second kappa shape index (κ2) is 5.57. The molecule has 0 spiro atoms. The summed E-state index contributed by atoms with van der Waals surface area (Å²) in [6.45, 7) is 1.87. The first-order valence-corrected chi connectivity index (χ1v) is 7.72. The standard InChI is InChI=1S/C15H16N2O3S/c1-11-7-9-12(10-8-11)21(19,20)17(2)13-5-3-4-6-14(18)15(13)16/h3-10H,1-2H3,(H2,16,18). The predicted molar refractivity (Wildman–Crippen MR) is 83.9 cm³/mol. The van der Waals surface area contributed by atoms with Crippen LogP contribution in [0.2, 0.25) is 0 Å². The molecule has 0 saturated heterocycles. The van der Waals surface area contributed by atoms with Crippen LogP contribution in [0.5, 0.6) is 0 Å². The van der Waals surface area contributed by atoms with Gasteiger partial charge in [-0.05, 0) is 31.2 Å². The van der Waals surface area contributed by atoms with Gasteiger partial charge in [-0.1, -0.05) is 29.8 Å². The lowest BCUT2D eigenvalue weighted by Crippen LogP contribution is -2.28. The van der Waals surface area contributed by atoms with Gasteiger partial charge in [0.1, 0.15) is 5.69 Å². The summed E-state index contributed by atoms with van der Waals surface area (Å²) in [7, 11) is -2.39. The highest BCUT2D eigenvalue weighted by Gasteiger charge is 2.22. The average Bonchev–Trinajstić information content (AvgIpc) is 2.61. The molecule has 0 atom stereocenters. The van der Waals surface area contributed by atoms with E-state index in [9.17, 15) is 13.2 Å². The van der Waals surface area contributed by atoms with E-state index < -0.39 is 15.5 Å². The molecule has 2 aromatic rings. The summed E-state index contributed by atoms with van der Waals surface area (Å²) in [5.41, 5.74) is 6.35. The van der Waals surface area contributed by atoms with Gasteiger partial charge >= 0.3 is 0 Å². The maximum atomic E-state index is 12.6. The maximum Gasteiger partial charge on any atom is 0.264 e. The van der Waals surface area contributed by atoms with E-state index in [2.05, 4.69) is 0 Å². The molecule has 0 aromatic heterocycles. The van der Waals surface area contributed by atoms with Gasteiger partial charge in [0.25, 0.3) is 10.0 Å². The van der Waals surface area contributed by atoms with Crippen LogP contribution in [0.15, 0.2) is 58.2 Å². The highest BCUT2D eigenvalue weighted by molar-refractivity contribution is 7.92.